The van der Waals surface area contributed by atoms with Crippen LogP contribution in [0.2, 0.25) is 0 Å². The highest BCUT2D eigenvalue weighted by Gasteiger charge is 2.34. The number of ether oxygens (including phenoxy) is 3. The van der Waals surface area contributed by atoms with E-state index in [2.05, 4.69) is 17.1 Å². The lowest BCUT2D eigenvalue weighted by atomic mass is 10.2. The summed E-state index contributed by atoms with van der Waals surface area (Å²) >= 11 is 1.36. The van der Waals surface area contributed by atoms with Crippen LogP contribution >= 0.6 is 11.3 Å². The quantitative estimate of drug-likeness (QED) is 0.898. The normalized spacial score (nSPS) is 25.0. The average molecular weight is 312 g/mol. The Bertz CT molecular complexity index is 519. The molecule has 1 N–H and O–H groups in total. The molecule has 1 amide bonds. The topological polar surface area (TPSA) is 60.0 Å². The first kappa shape index (κ1) is 14.6. The number of likely N-dealkylation sites (tertiary alicyclic amines) is 1. The van der Waals surface area contributed by atoms with Crippen molar-refractivity contribution >= 4 is 17.2 Å². The SMILES string of the molecule is CCN1C[C@H](NC(=O)c2scc3c2OCCO3)[C@@H](OC)C1. The smallest absolute Gasteiger partial charge is 0.265 e. The van der Waals surface area contributed by atoms with Gasteiger partial charge >= 0.3 is 0 Å². The number of carbonyl (C=O) groups excluding carboxylic acids is 1. The number of likely N-dealkylation sites (N-methyl/N-ethyl adjacent to an activating group) is 1. The fourth-order valence-electron chi connectivity index (χ4n) is 2.74. The maximum atomic E-state index is 12.5. The van der Waals surface area contributed by atoms with Crippen molar-refractivity contribution in [3.63, 3.8) is 0 Å². The number of hydrogen-bond acceptors (Lipinski definition) is 6. The fourth-order valence-corrected chi connectivity index (χ4v) is 3.57. The van der Waals surface area contributed by atoms with E-state index >= 15 is 0 Å². The molecule has 0 unspecified atom stereocenters. The number of hydrogen-bond donors (Lipinski definition) is 1. The van der Waals surface area contributed by atoms with Gasteiger partial charge in [-0.3, -0.25) is 9.69 Å². The minimum atomic E-state index is -0.114. The Morgan fingerprint density at radius 2 is 2.29 bits per heavy atom. The lowest BCUT2D eigenvalue weighted by Crippen LogP contribution is -2.43. The molecule has 7 heteroatoms. The Labute approximate surface area is 128 Å². The number of rotatable bonds is 4. The van der Waals surface area contributed by atoms with E-state index in [9.17, 15) is 4.79 Å². The third-order valence-electron chi connectivity index (χ3n) is 3.92. The molecular formula is C14H20N2O4S. The van der Waals surface area contributed by atoms with Gasteiger partial charge in [0.05, 0.1) is 12.1 Å². The molecule has 6 nitrogen and oxygen atoms in total. The second-order valence-corrected chi connectivity index (χ2v) is 6.04. The van der Waals surface area contributed by atoms with Gasteiger partial charge in [0.2, 0.25) is 0 Å². The van der Waals surface area contributed by atoms with Crippen LogP contribution < -0.4 is 14.8 Å². The molecular weight excluding hydrogens is 292 g/mol. The van der Waals surface area contributed by atoms with Gasteiger partial charge in [-0.05, 0) is 6.54 Å². The molecule has 3 rings (SSSR count). The second-order valence-electron chi connectivity index (χ2n) is 5.16. The zero-order chi connectivity index (χ0) is 14.8. The monoisotopic (exact) mass is 312 g/mol. The molecule has 1 saturated heterocycles. The first-order valence-corrected chi connectivity index (χ1v) is 8.04. The molecule has 0 aromatic carbocycles. The van der Waals surface area contributed by atoms with Gasteiger partial charge < -0.3 is 19.5 Å². The van der Waals surface area contributed by atoms with Gasteiger partial charge in [0.15, 0.2) is 11.5 Å². The summed E-state index contributed by atoms with van der Waals surface area (Å²) in [6, 6.07) is 0.00436. The third kappa shape index (κ3) is 2.86. The van der Waals surface area contributed by atoms with Crippen LogP contribution in [0, 0.1) is 0 Å². The van der Waals surface area contributed by atoms with Crippen molar-refractivity contribution in [1.29, 1.82) is 0 Å². The molecule has 0 radical (unpaired) electrons. The summed E-state index contributed by atoms with van der Waals surface area (Å²) in [5.41, 5.74) is 0. The highest BCUT2D eigenvalue weighted by atomic mass is 32.1. The number of fused-ring (bicyclic) bond motifs is 1. The van der Waals surface area contributed by atoms with Crippen LogP contribution in [0.5, 0.6) is 11.5 Å². The van der Waals surface area contributed by atoms with E-state index in [1.165, 1.54) is 11.3 Å². The number of thiophene rings is 1. The van der Waals surface area contributed by atoms with Crippen molar-refractivity contribution in [2.75, 3.05) is 40.0 Å². The zero-order valence-corrected chi connectivity index (χ0v) is 13.1. The highest BCUT2D eigenvalue weighted by molar-refractivity contribution is 7.12. The number of carbonyl (C=O) groups is 1. The van der Waals surface area contributed by atoms with Crippen molar-refractivity contribution in [3.8, 4) is 11.5 Å². The summed E-state index contributed by atoms with van der Waals surface area (Å²) in [5, 5.41) is 4.89. The van der Waals surface area contributed by atoms with Crippen molar-refractivity contribution < 1.29 is 19.0 Å². The Morgan fingerprint density at radius 1 is 1.48 bits per heavy atom. The molecule has 2 atom stereocenters. The number of methoxy groups -OCH3 is 1. The average Bonchev–Trinajstić information content (AvgIpc) is 3.10. The van der Waals surface area contributed by atoms with E-state index in [0.717, 1.165) is 19.6 Å². The second kappa shape index (κ2) is 6.21. The molecule has 1 fully saturated rings. The van der Waals surface area contributed by atoms with Gasteiger partial charge in [0.1, 0.15) is 18.1 Å². The number of nitrogens with zero attached hydrogens (tertiary/aromatic N) is 1. The largest absolute Gasteiger partial charge is 0.485 e. The van der Waals surface area contributed by atoms with Gasteiger partial charge in [0.25, 0.3) is 5.91 Å². The summed E-state index contributed by atoms with van der Waals surface area (Å²) < 4.78 is 16.5. The van der Waals surface area contributed by atoms with Crippen LogP contribution in [-0.4, -0.2) is 62.9 Å². The Kier molecular flexibility index (Phi) is 4.32. The minimum Gasteiger partial charge on any atom is -0.485 e. The predicted octanol–water partition coefficient (Wildman–Crippen LogP) is 0.968. The van der Waals surface area contributed by atoms with Crippen molar-refractivity contribution in [2.24, 2.45) is 0 Å². The first-order valence-electron chi connectivity index (χ1n) is 7.16. The maximum absolute atomic E-state index is 12.5. The summed E-state index contributed by atoms with van der Waals surface area (Å²) in [5.74, 6) is 1.13. The maximum Gasteiger partial charge on any atom is 0.265 e. The van der Waals surface area contributed by atoms with E-state index < -0.39 is 0 Å². The standard InChI is InChI=1S/C14H20N2O4S/c1-3-16-6-9(10(7-16)18-2)15-14(17)13-12-11(8-21-13)19-4-5-20-12/h8-10H,3-7H2,1-2H3,(H,15,17)/t9-,10-/m0/s1. The third-order valence-corrected chi connectivity index (χ3v) is 4.85. The molecule has 1 aromatic rings. The van der Waals surface area contributed by atoms with Crippen LogP contribution in [0.1, 0.15) is 16.6 Å². The number of amides is 1. The highest BCUT2D eigenvalue weighted by Crippen LogP contribution is 2.39. The lowest BCUT2D eigenvalue weighted by molar-refractivity contribution is 0.0760. The van der Waals surface area contributed by atoms with Crippen molar-refractivity contribution in [2.45, 2.75) is 19.1 Å². The Balaban J connectivity index is 1.70. The van der Waals surface area contributed by atoms with Crippen LogP contribution in [0.3, 0.4) is 0 Å². The van der Waals surface area contributed by atoms with Gasteiger partial charge in [-0.2, -0.15) is 0 Å². The Morgan fingerprint density at radius 3 is 3.05 bits per heavy atom. The van der Waals surface area contributed by atoms with Crippen LogP contribution in [0.15, 0.2) is 5.38 Å². The lowest BCUT2D eigenvalue weighted by Gasteiger charge is -2.19. The summed E-state index contributed by atoms with van der Waals surface area (Å²) in [6.07, 6.45) is 0.0295. The fraction of sp³-hybridized carbons (Fsp3) is 0.643. The van der Waals surface area contributed by atoms with Gasteiger partial charge in [-0.15, -0.1) is 11.3 Å². The van der Waals surface area contributed by atoms with Crippen LogP contribution in [-0.2, 0) is 4.74 Å². The predicted molar refractivity (Wildman–Crippen MR) is 79.5 cm³/mol. The molecule has 3 heterocycles. The summed E-state index contributed by atoms with van der Waals surface area (Å²) in [6.45, 7) is 5.74. The molecule has 0 spiro atoms. The molecule has 2 aliphatic rings. The zero-order valence-electron chi connectivity index (χ0n) is 12.3. The van der Waals surface area contributed by atoms with Gasteiger partial charge in [-0.25, -0.2) is 0 Å². The molecule has 0 bridgehead atoms. The molecule has 116 valence electrons. The van der Waals surface area contributed by atoms with Gasteiger partial charge in [-0.1, -0.05) is 6.92 Å². The number of nitrogens with one attached hydrogen (secondary N) is 1. The molecule has 0 saturated carbocycles. The van der Waals surface area contributed by atoms with Crippen molar-refractivity contribution in [3.05, 3.63) is 10.3 Å². The van der Waals surface area contributed by atoms with E-state index in [0.29, 0.717) is 29.6 Å². The van der Waals surface area contributed by atoms with Crippen LogP contribution in [0.4, 0.5) is 0 Å². The van der Waals surface area contributed by atoms with E-state index in [4.69, 9.17) is 14.2 Å². The van der Waals surface area contributed by atoms with Crippen molar-refractivity contribution in [1.82, 2.24) is 10.2 Å². The molecule has 0 aliphatic carbocycles. The van der Waals surface area contributed by atoms with E-state index in [1.54, 1.807) is 7.11 Å². The summed E-state index contributed by atoms with van der Waals surface area (Å²) in [4.78, 5) is 15.3. The van der Waals surface area contributed by atoms with Gasteiger partial charge in [0, 0.05) is 25.6 Å². The van der Waals surface area contributed by atoms with E-state index in [-0.39, 0.29) is 18.1 Å². The molecule has 21 heavy (non-hydrogen) atoms. The molecule has 1 aromatic heterocycles. The summed E-state index contributed by atoms with van der Waals surface area (Å²) in [7, 11) is 1.69. The van der Waals surface area contributed by atoms with E-state index in [1.807, 2.05) is 5.38 Å². The first-order chi connectivity index (χ1) is 10.2. The van der Waals surface area contributed by atoms with Crippen LogP contribution in [0.25, 0.3) is 0 Å². The Hall–Kier alpha value is -1.31. The molecule has 2 aliphatic heterocycles. The minimum absolute atomic E-state index is 0.00436.